The van der Waals surface area contributed by atoms with Crippen LogP contribution in [-0.2, 0) is 19.3 Å². The minimum absolute atomic E-state index is 0.0193. The van der Waals surface area contributed by atoms with E-state index in [1.807, 2.05) is 37.3 Å². The molecule has 180 valence electrons. The number of rotatable bonds is 7. The van der Waals surface area contributed by atoms with Gasteiger partial charge in [-0.3, -0.25) is 14.2 Å². The number of aryl methyl sites for hydroxylation is 1. The van der Waals surface area contributed by atoms with E-state index >= 15 is 0 Å². The van der Waals surface area contributed by atoms with Crippen LogP contribution in [0.15, 0.2) is 83.8 Å². The Morgan fingerprint density at radius 3 is 2.37 bits per heavy atom. The summed E-state index contributed by atoms with van der Waals surface area (Å²) in [4.78, 5) is 25.8. The molecule has 0 unspecified atom stereocenters. The SMILES string of the molecule is Cc1cc(-n2ccc(OCc3ccc(C(F)(F)F)cc3)cc2=O)sc1C(=O)NCc1ccccc1. The molecule has 2 aromatic carbocycles. The quantitative estimate of drug-likeness (QED) is 0.354. The monoisotopic (exact) mass is 498 g/mol. The van der Waals surface area contributed by atoms with Crippen molar-refractivity contribution in [2.24, 2.45) is 0 Å². The van der Waals surface area contributed by atoms with Gasteiger partial charge < -0.3 is 10.1 Å². The molecule has 1 amide bonds. The van der Waals surface area contributed by atoms with Gasteiger partial charge in [-0.1, -0.05) is 42.5 Å². The van der Waals surface area contributed by atoms with Crippen LogP contribution >= 0.6 is 11.3 Å². The van der Waals surface area contributed by atoms with Gasteiger partial charge >= 0.3 is 6.18 Å². The maximum atomic E-state index is 12.7. The van der Waals surface area contributed by atoms with Crippen molar-refractivity contribution in [3.63, 3.8) is 0 Å². The maximum Gasteiger partial charge on any atom is 0.416 e. The van der Waals surface area contributed by atoms with Crippen LogP contribution in [0.2, 0.25) is 0 Å². The van der Waals surface area contributed by atoms with E-state index in [2.05, 4.69) is 5.32 Å². The summed E-state index contributed by atoms with van der Waals surface area (Å²) in [6.07, 6.45) is -2.85. The number of nitrogens with one attached hydrogen (secondary N) is 1. The van der Waals surface area contributed by atoms with Gasteiger partial charge in [0.05, 0.1) is 10.4 Å². The van der Waals surface area contributed by atoms with Crippen molar-refractivity contribution < 1.29 is 22.7 Å². The Kier molecular flexibility index (Phi) is 7.07. The average Bonchev–Trinajstić information content (AvgIpc) is 3.23. The fourth-order valence-corrected chi connectivity index (χ4v) is 4.44. The highest BCUT2D eigenvalue weighted by Gasteiger charge is 2.29. The topological polar surface area (TPSA) is 60.3 Å². The second-order valence-electron chi connectivity index (χ2n) is 7.82. The molecular formula is C26H21F3N2O3S. The lowest BCUT2D eigenvalue weighted by molar-refractivity contribution is -0.137. The van der Waals surface area contributed by atoms with Gasteiger partial charge in [0.25, 0.3) is 11.5 Å². The third-order valence-corrected chi connectivity index (χ3v) is 6.46. The summed E-state index contributed by atoms with van der Waals surface area (Å²) < 4.78 is 45.0. The van der Waals surface area contributed by atoms with E-state index in [1.54, 1.807) is 18.3 Å². The highest BCUT2D eigenvalue weighted by atomic mass is 32.1. The summed E-state index contributed by atoms with van der Waals surface area (Å²) >= 11 is 1.21. The first-order valence-corrected chi connectivity index (χ1v) is 11.5. The number of carbonyl (C=O) groups excluding carboxylic acids is 1. The lowest BCUT2D eigenvalue weighted by Gasteiger charge is -2.10. The molecule has 0 spiro atoms. The molecule has 35 heavy (non-hydrogen) atoms. The average molecular weight is 499 g/mol. The number of carbonyl (C=O) groups is 1. The van der Waals surface area contributed by atoms with Gasteiger partial charge in [-0.2, -0.15) is 13.2 Å². The van der Waals surface area contributed by atoms with E-state index < -0.39 is 11.7 Å². The van der Waals surface area contributed by atoms with E-state index in [1.165, 1.54) is 34.1 Å². The van der Waals surface area contributed by atoms with Gasteiger partial charge in [-0.05, 0) is 47.9 Å². The van der Waals surface area contributed by atoms with Gasteiger partial charge in [-0.15, -0.1) is 11.3 Å². The van der Waals surface area contributed by atoms with Crippen LogP contribution in [0.1, 0.15) is 31.9 Å². The number of pyridine rings is 1. The Hall–Kier alpha value is -3.85. The molecule has 0 atom stereocenters. The summed E-state index contributed by atoms with van der Waals surface area (Å²) in [6.45, 7) is 2.23. The predicted molar refractivity (Wildman–Crippen MR) is 128 cm³/mol. The molecule has 0 radical (unpaired) electrons. The molecule has 0 aliphatic rings. The van der Waals surface area contributed by atoms with E-state index in [-0.39, 0.29) is 18.1 Å². The normalized spacial score (nSPS) is 11.3. The summed E-state index contributed by atoms with van der Waals surface area (Å²) in [5, 5.41) is 3.48. The first-order chi connectivity index (χ1) is 16.7. The van der Waals surface area contributed by atoms with Gasteiger partial charge in [0, 0.05) is 18.8 Å². The minimum atomic E-state index is -4.40. The first kappa shape index (κ1) is 24.3. The van der Waals surface area contributed by atoms with Crippen molar-refractivity contribution in [1.29, 1.82) is 0 Å². The Labute approximate surface area is 203 Å². The Morgan fingerprint density at radius 2 is 1.71 bits per heavy atom. The third kappa shape index (κ3) is 5.99. The van der Waals surface area contributed by atoms with Crippen LogP contribution in [0.25, 0.3) is 5.00 Å². The van der Waals surface area contributed by atoms with E-state index in [9.17, 15) is 22.8 Å². The molecule has 0 aliphatic carbocycles. The number of thiophene rings is 1. The number of nitrogens with zero attached hydrogens (tertiary/aromatic N) is 1. The van der Waals surface area contributed by atoms with Crippen LogP contribution in [0.3, 0.4) is 0 Å². The number of benzene rings is 2. The molecule has 0 saturated carbocycles. The zero-order valence-electron chi connectivity index (χ0n) is 18.6. The van der Waals surface area contributed by atoms with Crippen LogP contribution in [0.5, 0.6) is 5.75 Å². The number of aromatic nitrogens is 1. The van der Waals surface area contributed by atoms with Crippen LogP contribution < -0.4 is 15.6 Å². The van der Waals surface area contributed by atoms with Crippen molar-refractivity contribution in [2.75, 3.05) is 0 Å². The molecule has 4 aromatic rings. The number of hydrogen-bond donors (Lipinski definition) is 1. The van der Waals surface area contributed by atoms with Crippen molar-refractivity contribution in [3.8, 4) is 10.8 Å². The number of halogens is 3. The van der Waals surface area contributed by atoms with Gasteiger partial charge in [-0.25, -0.2) is 0 Å². The molecule has 9 heteroatoms. The summed E-state index contributed by atoms with van der Waals surface area (Å²) in [5.74, 6) is 0.0763. The first-order valence-electron chi connectivity index (χ1n) is 10.7. The lowest BCUT2D eigenvalue weighted by atomic mass is 10.1. The van der Waals surface area contributed by atoms with E-state index in [0.29, 0.717) is 27.7 Å². The van der Waals surface area contributed by atoms with E-state index in [0.717, 1.165) is 23.3 Å². The van der Waals surface area contributed by atoms with Gasteiger partial charge in [0.1, 0.15) is 17.4 Å². The van der Waals surface area contributed by atoms with Crippen LogP contribution in [-0.4, -0.2) is 10.5 Å². The summed E-state index contributed by atoms with van der Waals surface area (Å²) in [5.41, 5.74) is 1.20. The smallest absolute Gasteiger partial charge is 0.416 e. The Bertz CT molecular complexity index is 1380. The molecule has 2 aromatic heterocycles. The highest BCUT2D eigenvalue weighted by molar-refractivity contribution is 7.16. The minimum Gasteiger partial charge on any atom is -0.489 e. The Morgan fingerprint density at radius 1 is 1.00 bits per heavy atom. The van der Waals surface area contributed by atoms with Crippen molar-refractivity contribution in [1.82, 2.24) is 9.88 Å². The summed E-state index contributed by atoms with van der Waals surface area (Å²) in [7, 11) is 0. The van der Waals surface area contributed by atoms with Gasteiger partial charge in [0.15, 0.2) is 0 Å². The molecule has 2 heterocycles. The molecular weight excluding hydrogens is 477 g/mol. The molecule has 0 fully saturated rings. The molecule has 1 N–H and O–H groups in total. The number of amides is 1. The van der Waals surface area contributed by atoms with Crippen molar-refractivity contribution in [2.45, 2.75) is 26.3 Å². The zero-order chi connectivity index (χ0) is 25.0. The number of hydrogen-bond acceptors (Lipinski definition) is 4. The highest BCUT2D eigenvalue weighted by Crippen LogP contribution is 2.29. The largest absolute Gasteiger partial charge is 0.489 e. The summed E-state index contributed by atoms with van der Waals surface area (Å²) in [6, 6.07) is 18.9. The van der Waals surface area contributed by atoms with E-state index in [4.69, 9.17) is 4.74 Å². The standard InChI is InChI=1S/C26H21F3N2O3S/c1-17-13-23(35-24(17)25(33)30-15-18-5-3-2-4-6-18)31-12-11-21(14-22(31)32)34-16-19-7-9-20(10-8-19)26(27,28)29/h2-14H,15-16H2,1H3,(H,30,33). The second-order valence-corrected chi connectivity index (χ2v) is 8.85. The van der Waals surface area contributed by atoms with Crippen molar-refractivity contribution >= 4 is 17.2 Å². The lowest BCUT2D eigenvalue weighted by Crippen LogP contribution is -2.22. The predicted octanol–water partition coefficient (Wildman–Crippen LogP) is 5.74. The maximum absolute atomic E-state index is 12.7. The fraction of sp³-hybridized carbons (Fsp3) is 0.154. The zero-order valence-corrected chi connectivity index (χ0v) is 19.5. The molecule has 0 saturated heterocycles. The Balaban J connectivity index is 1.42. The fourth-order valence-electron chi connectivity index (χ4n) is 3.36. The number of ether oxygens (including phenoxy) is 1. The second kappa shape index (κ2) is 10.2. The number of alkyl halides is 3. The third-order valence-electron chi connectivity index (χ3n) is 5.22. The van der Waals surface area contributed by atoms with Crippen LogP contribution in [0.4, 0.5) is 13.2 Å². The molecule has 4 rings (SSSR count). The molecule has 0 aliphatic heterocycles. The van der Waals surface area contributed by atoms with Crippen molar-refractivity contribution in [3.05, 3.63) is 116 Å². The van der Waals surface area contributed by atoms with Crippen LogP contribution in [0, 0.1) is 6.92 Å². The molecule has 0 bridgehead atoms. The van der Waals surface area contributed by atoms with Gasteiger partial charge in [0.2, 0.25) is 0 Å². The molecule has 5 nitrogen and oxygen atoms in total.